The molecule has 4 heterocycles. The zero-order chi connectivity index (χ0) is 77.4. The molecule has 20 rings (SSSR count). The van der Waals surface area contributed by atoms with Crippen LogP contribution in [0.1, 0.15) is 63.6 Å². The van der Waals surface area contributed by atoms with Crippen LogP contribution in [0.25, 0.3) is 132 Å². The van der Waals surface area contributed by atoms with Crippen LogP contribution in [0.4, 0.5) is 34.1 Å². The molecule has 2 aromatic heterocycles. The second kappa shape index (κ2) is 24.0. The summed E-state index contributed by atoms with van der Waals surface area (Å²) in [5.74, 6) is 0. The molecular formula is C100H75BN4. The summed E-state index contributed by atoms with van der Waals surface area (Å²) < 4.78 is 79.6. The van der Waals surface area contributed by atoms with E-state index in [4.69, 9.17) is 2.74 Å². The van der Waals surface area contributed by atoms with Gasteiger partial charge in [-0.3, -0.25) is 0 Å². The van der Waals surface area contributed by atoms with Gasteiger partial charge in [0.05, 0.1) is 44.4 Å². The molecule has 0 spiro atoms. The van der Waals surface area contributed by atoms with Gasteiger partial charge in [0.1, 0.15) is 0 Å². The van der Waals surface area contributed by atoms with Gasteiger partial charge in [-0.1, -0.05) is 296 Å². The Kier molecular flexibility index (Phi) is 12.3. The zero-order valence-electron chi connectivity index (χ0n) is 67.2. The first-order valence-electron chi connectivity index (χ1n) is 40.3. The highest BCUT2D eigenvalue weighted by Crippen LogP contribution is 2.56. The van der Waals surface area contributed by atoms with Crippen molar-refractivity contribution in [1.82, 2.24) is 9.13 Å². The number of nitrogens with zero attached hydrogens (tertiary/aromatic N) is 4. The Morgan fingerprint density at radius 1 is 0.276 bits per heavy atom. The summed E-state index contributed by atoms with van der Waals surface area (Å²) in [6.07, 6.45) is 0. The van der Waals surface area contributed by atoms with Crippen molar-refractivity contribution in [2.45, 2.75) is 52.4 Å². The lowest BCUT2D eigenvalue weighted by Gasteiger charge is -2.46. The van der Waals surface area contributed by atoms with Crippen molar-refractivity contribution < 1.29 is 11.0 Å². The molecule has 0 radical (unpaired) electrons. The average Bonchev–Trinajstić information content (AvgIpc) is 1.59. The minimum Gasteiger partial charge on any atom is -0.310 e. The molecule has 0 amide bonds. The second-order valence-corrected chi connectivity index (χ2v) is 30.2. The number of para-hydroxylation sites is 5. The number of anilines is 6. The summed E-state index contributed by atoms with van der Waals surface area (Å²) in [5.41, 5.74) is 24.1. The Bertz CT molecular complexity index is 6930. The third kappa shape index (κ3) is 9.89. The van der Waals surface area contributed by atoms with Crippen molar-refractivity contribution in [1.29, 1.82) is 0 Å². The van der Waals surface area contributed by atoms with Gasteiger partial charge >= 0.3 is 0 Å². The number of benzene rings is 16. The highest BCUT2D eigenvalue weighted by Gasteiger charge is 2.46. The highest BCUT2D eigenvalue weighted by molar-refractivity contribution is 7.00. The molecule has 105 heavy (non-hydrogen) atoms. The summed E-state index contributed by atoms with van der Waals surface area (Å²) in [7, 11) is 0. The minimum absolute atomic E-state index is 0.0119. The molecule has 0 unspecified atom stereocenters. The van der Waals surface area contributed by atoms with Gasteiger partial charge in [0.2, 0.25) is 0 Å². The van der Waals surface area contributed by atoms with E-state index in [0.29, 0.717) is 5.69 Å². The van der Waals surface area contributed by atoms with E-state index in [2.05, 4.69) is 335 Å². The molecule has 0 atom stereocenters. The Balaban J connectivity index is 0.971. The molecule has 18 aromatic rings. The molecule has 2 aliphatic heterocycles. The highest BCUT2D eigenvalue weighted by atomic mass is 15.2. The predicted octanol–water partition coefficient (Wildman–Crippen LogP) is 25.2. The second-order valence-electron chi connectivity index (χ2n) is 30.2. The molecule has 5 heteroatoms. The Morgan fingerprint density at radius 3 is 1.37 bits per heavy atom. The molecule has 0 bridgehead atoms. The molecule has 4 nitrogen and oxygen atoms in total. The van der Waals surface area contributed by atoms with Crippen molar-refractivity contribution in [3.05, 3.63) is 357 Å². The lowest BCUT2D eigenvalue weighted by molar-refractivity contribution is 0.590. The molecule has 498 valence electrons. The Labute approximate surface area is 624 Å². The van der Waals surface area contributed by atoms with Crippen molar-refractivity contribution >= 4 is 122 Å². The van der Waals surface area contributed by atoms with Crippen molar-refractivity contribution in [2.24, 2.45) is 0 Å². The van der Waals surface area contributed by atoms with E-state index in [1.807, 2.05) is 18.2 Å². The van der Waals surface area contributed by atoms with E-state index in [1.165, 1.54) is 10.9 Å². The summed E-state index contributed by atoms with van der Waals surface area (Å²) in [4.78, 5) is 5.08. The van der Waals surface area contributed by atoms with Crippen molar-refractivity contribution in [3.8, 4) is 67.0 Å². The first kappa shape index (κ1) is 54.1. The predicted molar refractivity (Wildman–Crippen MR) is 449 cm³/mol. The first-order valence-corrected chi connectivity index (χ1v) is 36.3. The summed E-state index contributed by atoms with van der Waals surface area (Å²) in [6, 6.07) is 104. The number of hydrogen-bond donors (Lipinski definition) is 0. The fourth-order valence-corrected chi connectivity index (χ4v) is 17.0. The van der Waals surface area contributed by atoms with Crippen LogP contribution >= 0.6 is 0 Å². The van der Waals surface area contributed by atoms with Gasteiger partial charge in [0.25, 0.3) is 6.71 Å². The van der Waals surface area contributed by atoms with Crippen LogP contribution in [-0.2, 0) is 10.8 Å². The van der Waals surface area contributed by atoms with Crippen LogP contribution in [0.15, 0.2) is 346 Å². The maximum Gasteiger partial charge on any atom is 0.252 e. The normalized spacial score (nSPS) is 13.9. The van der Waals surface area contributed by atoms with Crippen LogP contribution in [-0.4, -0.2) is 15.8 Å². The summed E-state index contributed by atoms with van der Waals surface area (Å²) in [5, 5.41) is 6.90. The number of hydrogen-bond acceptors (Lipinski definition) is 2. The molecular weight excluding hydrogens is 1270 g/mol. The lowest BCUT2D eigenvalue weighted by Crippen LogP contribution is -2.61. The molecule has 0 saturated carbocycles. The lowest BCUT2D eigenvalue weighted by atomic mass is 9.33. The third-order valence-electron chi connectivity index (χ3n) is 22.0. The standard InChI is InChI=1S/C100H75BN4/c1-99(2,3)70-59-82(66-34-15-9-16-35-66)98(85(60-70)83-57-69-36-19-20-39-74(69)77-40-21-22-41-78(77)83)104-92-58-68(67-51-55-91-84(56-67)81-44-25-28-49-90(81)102(91)72-37-17-10-18-38-72)50-53-86(92)101-87-54-52-73(103-88-47-26-23-42-79(88)80-43-24-27-48-89(80)103)63-93(87)105(95-62-71(100(4,5)6)61-94(104)96(95)101)97-75(64-30-11-7-12-31-64)45-29-46-76(97)65-32-13-8-14-33-65/h7-63H,1-6H3/i23D,24D,26D,27D,42D,43D,47D,48D. The summed E-state index contributed by atoms with van der Waals surface area (Å²) >= 11 is 0. The van der Waals surface area contributed by atoms with E-state index in [0.717, 1.165) is 155 Å². The number of rotatable bonds is 9. The zero-order valence-corrected chi connectivity index (χ0v) is 59.2. The molecule has 0 fully saturated rings. The Hall–Kier alpha value is -12.7. The largest absolute Gasteiger partial charge is 0.310 e. The average molecular weight is 1350 g/mol. The van der Waals surface area contributed by atoms with Gasteiger partial charge in [-0.25, -0.2) is 0 Å². The molecule has 0 saturated heterocycles. The van der Waals surface area contributed by atoms with E-state index in [9.17, 15) is 8.22 Å². The van der Waals surface area contributed by atoms with E-state index < -0.39 is 48.4 Å². The SMILES string of the molecule is [2H]c1c([2H])c([2H])c2c(c1[2H])c1c([2H])c([2H])c([2H])c([2H])c1n2-c1ccc2c(c1)N(c1c(-c3ccccc3)cccc1-c1ccccc1)c1cc(C(C)(C)C)cc3c1B2c1ccc(-c2ccc4c(c2)c2ccccc2n4-c2ccccc2)cc1N3c1c(-c2ccccc2)cc(C(C)(C)C)cc1-c1cc2ccccc2c2ccccc12. The maximum absolute atomic E-state index is 9.85. The smallest absolute Gasteiger partial charge is 0.252 e. The fourth-order valence-electron chi connectivity index (χ4n) is 17.0. The maximum atomic E-state index is 9.85. The van der Waals surface area contributed by atoms with Gasteiger partial charge in [-0.2, -0.15) is 0 Å². The summed E-state index contributed by atoms with van der Waals surface area (Å²) in [6.45, 7) is 13.3. The molecule has 0 N–H and O–H groups in total. The van der Waals surface area contributed by atoms with Crippen LogP contribution in [0, 0.1) is 0 Å². The quantitative estimate of drug-likeness (QED) is 0.106. The topological polar surface area (TPSA) is 16.3 Å². The van der Waals surface area contributed by atoms with Gasteiger partial charge in [0, 0.05) is 77.9 Å². The molecule has 0 aliphatic carbocycles. The number of fused-ring (bicyclic) bond motifs is 13. The van der Waals surface area contributed by atoms with Crippen LogP contribution in [0.5, 0.6) is 0 Å². The van der Waals surface area contributed by atoms with Crippen LogP contribution in [0.3, 0.4) is 0 Å². The number of aromatic nitrogens is 2. The molecule has 2 aliphatic rings. The van der Waals surface area contributed by atoms with Crippen molar-refractivity contribution in [3.63, 3.8) is 0 Å². The van der Waals surface area contributed by atoms with Gasteiger partial charge < -0.3 is 18.9 Å². The fraction of sp³-hybridized carbons (Fsp3) is 0.0800. The van der Waals surface area contributed by atoms with E-state index in [-0.39, 0.29) is 39.3 Å². The first-order chi connectivity index (χ1) is 54.7. The van der Waals surface area contributed by atoms with Gasteiger partial charge in [-0.05, 0) is 184 Å². The van der Waals surface area contributed by atoms with Gasteiger partial charge in [0.15, 0.2) is 0 Å². The third-order valence-corrected chi connectivity index (χ3v) is 22.0. The van der Waals surface area contributed by atoms with E-state index >= 15 is 0 Å². The monoisotopic (exact) mass is 1350 g/mol. The molecule has 16 aromatic carbocycles. The van der Waals surface area contributed by atoms with Crippen LogP contribution < -0.4 is 26.2 Å². The Morgan fingerprint density at radius 2 is 0.743 bits per heavy atom. The minimum atomic E-state index is -0.503. The van der Waals surface area contributed by atoms with Crippen molar-refractivity contribution in [2.75, 3.05) is 9.80 Å². The van der Waals surface area contributed by atoms with Gasteiger partial charge in [-0.15, -0.1) is 0 Å². The van der Waals surface area contributed by atoms with E-state index in [1.54, 1.807) is 4.57 Å². The van der Waals surface area contributed by atoms with Crippen LogP contribution in [0.2, 0.25) is 0 Å².